The van der Waals surface area contributed by atoms with Gasteiger partial charge < -0.3 is 20.4 Å². The highest BCUT2D eigenvalue weighted by atomic mass is 16.4. The Labute approximate surface area is 87.3 Å². The van der Waals surface area contributed by atoms with Crippen molar-refractivity contribution in [1.29, 1.82) is 0 Å². The highest BCUT2D eigenvalue weighted by molar-refractivity contribution is 5.92. The lowest BCUT2D eigenvalue weighted by Gasteiger charge is -2.08. The average molecular weight is 223 g/mol. The van der Waals surface area contributed by atoms with E-state index in [1.165, 1.54) is 0 Å². The van der Waals surface area contributed by atoms with E-state index in [1.807, 2.05) is 0 Å². The Balaban J connectivity index is 0. The molecule has 0 aliphatic carbocycles. The lowest BCUT2D eigenvalue weighted by molar-refractivity contribution is -0.153. The molecule has 2 unspecified atom stereocenters. The first-order valence-corrected chi connectivity index (χ1v) is 4.26. The van der Waals surface area contributed by atoms with Crippen LogP contribution < -0.4 is 5.32 Å². The number of carbonyl (C=O) groups is 2. The first-order chi connectivity index (χ1) is 6.68. The van der Waals surface area contributed by atoms with Crippen LogP contribution in [0.5, 0.6) is 0 Å². The van der Waals surface area contributed by atoms with Crippen molar-refractivity contribution in [3.63, 3.8) is 0 Å². The van der Waals surface area contributed by atoms with E-state index >= 15 is 0 Å². The lowest BCUT2D eigenvalue weighted by atomic mass is 10.2. The summed E-state index contributed by atoms with van der Waals surface area (Å²) >= 11 is 0. The van der Waals surface area contributed by atoms with Gasteiger partial charge in [-0.3, -0.25) is 14.9 Å². The van der Waals surface area contributed by atoms with Crippen LogP contribution in [0.15, 0.2) is 0 Å². The van der Waals surface area contributed by atoms with Crippen LogP contribution in [0.3, 0.4) is 0 Å². The number of nitrogens with one attached hydrogen (secondary N) is 1. The van der Waals surface area contributed by atoms with Gasteiger partial charge in [0.15, 0.2) is 5.92 Å². The molecule has 2 atom stereocenters. The van der Waals surface area contributed by atoms with E-state index in [-0.39, 0.29) is 0 Å². The third kappa shape index (κ3) is 12.8. The van der Waals surface area contributed by atoms with Crippen LogP contribution in [-0.2, 0) is 9.59 Å². The van der Waals surface area contributed by atoms with Crippen LogP contribution in [0.1, 0.15) is 20.8 Å². The van der Waals surface area contributed by atoms with Crippen molar-refractivity contribution >= 4 is 11.9 Å². The number of hydrogen-bond donors (Lipinski definition) is 5. The van der Waals surface area contributed by atoms with Gasteiger partial charge in [0.1, 0.15) is 12.5 Å². The molecular formula is C8H17NO6. The summed E-state index contributed by atoms with van der Waals surface area (Å²) in [5, 5.41) is 35.3. The first kappa shape index (κ1) is 16.3. The number of hydrogen-bond acceptors (Lipinski definition) is 5. The zero-order valence-corrected chi connectivity index (χ0v) is 8.84. The molecule has 7 nitrogen and oxygen atoms in total. The molecule has 0 heterocycles. The molecule has 0 aliphatic heterocycles. The normalized spacial score (nSPS) is 13.7. The third-order valence-electron chi connectivity index (χ3n) is 1.22. The van der Waals surface area contributed by atoms with E-state index in [0.717, 1.165) is 6.92 Å². The molecule has 15 heavy (non-hydrogen) atoms. The van der Waals surface area contributed by atoms with Crippen LogP contribution in [0.4, 0.5) is 0 Å². The van der Waals surface area contributed by atoms with Crippen molar-refractivity contribution in [3.05, 3.63) is 0 Å². The number of carboxylic acids is 2. The minimum absolute atomic E-state index is 0.625. The maximum atomic E-state index is 9.76. The van der Waals surface area contributed by atoms with Crippen molar-refractivity contribution in [3.8, 4) is 0 Å². The molecule has 7 heteroatoms. The van der Waals surface area contributed by atoms with E-state index < -0.39 is 30.3 Å². The molecule has 90 valence electrons. The third-order valence-corrected chi connectivity index (χ3v) is 1.22. The standard InChI is InChI=1S/C4H11NO2.C4H6O4/c1-3(6)5-4(2)7;1-2(3(5)6)4(7)8/h3-7H,1-2H3;2H,1H3,(H,5,6)(H,7,8). The van der Waals surface area contributed by atoms with Crippen molar-refractivity contribution in [2.24, 2.45) is 5.92 Å². The summed E-state index contributed by atoms with van der Waals surface area (Å²) in [5.41, 5.74) is 0. The SMILES string of the molecule is CC(C(=O)O)C(=O)O.CC(O)NC(C)O. The van der Waals surface area contributed by atoms with Crippen molar-refractivity contribution in [1.82, 2.24) is 5.32 Å². The molecule has 0 bridgehead atoms. The van der Waals surface area contributed by atoms with E-state index in [1.54, 1.807) is 13.8 Å². The summed E-state index contributed by atoms with van der Waals surface area (Å²) in [4.78, 5) is 19.5. The van der Waals surface area contributed by atoms with Gasteiger partial charge >= 0.3 is 11.9 Å². The van der Waals surface area contributed by atoms with Crippen molar-refractivity contribution in [2.75, 3.05) is 0 Å². The van der Waals surface area contributed by atoms with Gasteiger partial charge in [0.25, 0.3) is 0 Å². The minimum Gasteiger partial charge on any atom is -0.481 e. The molecule has 0 aliphatic rings. The largest absolute Gasteiger partial charge is 0.481 e. The van der Waals surface area contributed by atoms with Gasteiger partial charge in [-0.1, -0.05) is 0 Å². The zero-order valence-electron chi connectivity index (χ0n) is 8.84. The Bertz CT molecular complexity index is 183. The molecule has 0 saturated carbocycles. The summed E-state index contributed by atoms with van der Waals surface area (Å²) in [6.45, 7) is 4.21. The summed E-state index contributed by atoms with van der Waals surface area (Å²) in [5.74, 6) is -3.91. The zero-order chi connectivity index (χ0) is 12.6. The monoisotopic (exact) mass is 223 g/mol. The minimum atomic E-state index is -1.31. The van der Waals surface area contributed by atoms with Gasteiger partial charge in [0.05, 0.1) is 0 Å². The quantitative estimate of drug-likeness (QED) is 0.307. The molecule has 0 aromatic heterocycles. The second kappa shape index (κ2) is 8.16. The Hall–Kier alpha value is -1.18. The van der Waals surface area contributed by atoms with Crippen molar-refractivity contribution in [2.45, 2.75) is 33.2 Å². The summed E-state index contributed by atoms with van der Waals surface area (Å²) in [6, 6.07) is 0. The van der Waals surface area contributed by atoms with Crippen LogP contribution in [-0.4, -0.2) is 44.8 Å². The van der Waals surface area contributed by atoms with E-state index in [2.05, 4.69) is 5.32 Å². The number of carboxylic acid groups (broad SMARTS) is 2. The van der Waals surface area contributed by atoms with Gasteiger partial charge in [-0.25, -0.2) is 0 Å². The topological polar surface area (TPSA) is 127 Å². The lowest BCUT2D eigenvalue weighted by Crippen LogP contribution is -2.33. The summed E-state index contributed by atoms with van der Waals surface area (Å²) in [6.07, 6.45) is -1.25. The molecule has 0 fully saturated rings. The maximum absolute atomic E-state index is 9.76. The van der Waals surface area contributed by atoms with Gasteiger partial charge in [0.2, 0.25) is 0 Å². The number of aliphatic hydroxyl groups excluding tert-OH is 2. The Morgan fingerprint density at radius 2 is 1.20 bits per heavy atom. The molecule has 5 N–H and O–H groups in total. The van der Waals surface area contributed by atoms with Crippen molar-refractivity contribution < 1.29 is 30.0 Å². The van der Waals surface area contributed by atoms with Crippen LogP contribution >= 0.6 is 0 Å². The molecular weight excluding hydrogens is 206 g/mol. The first-order valence-electron chi connectivity index (χ1n) is 4.26. The Morgan fingerprint density at radius 1 is 0.933 bits per heavy atom. The number of aliphatic hydroxyl groups is 2. The predicted molar refractivity (Wildman–Crippen MR) is 50.9 cm³/mol. The van der Waals surface area contributed by atoms with Crippen LogP contribution in [0.2, 0.25) is 0 Å². The van der Waals surface area contributed by atoms with E-state index in [9.17, 15) is 9.59 Å². The molecule has 0 saturated heterocycles. The molecule has 0 radical (unpaired) electrons. The fourth-order valence-electron chi connectivity index (χ4n) is 0.455. The van der Waals surface area contributed by atoms with Gasteiger partial charge in [-0.2, -0.15) is 0 Å². The van der Waals surface area contributed by atoms with Crippen LogP contribution in [0.25, 0.3) is 0 Å². The summed E-state index contributed by atoms with van der Waals surface area (Å²) < 4.78 is 0. The predicted octanol–water partition coefficient (Wildman–Crippen LogP) is -0.956. The highest BCUT2D eigenvalue weighted by Crippen LogP contribution is 1.91. The van der Waals surface area contributed by atoms with E-state index in [4.69, 9.17) is 20.4 Å². The average Bonchev–Trinajstić information content (AvgIpc) is 2.00. The highest BCUT2D eigenvalue weighted by Gasteiger charge is 2.18. The number of aliphatic carboxylic acids is 2. The molecule has 0 rings (SSSR count). The Kier molecular flexibility index (Phi) is 8.84. The summed E-state index contributed by atoms with van der Waals surface area (Å²) in [7, 11) is 0. The fraction of sp³-hybridized carbons (Fsp3) is 0.750. The molecule has 0 aromatic rings. The smallest absolute Gasteiger partial charge is 0.317 e. The van der Waals surface area contributed by atoms with E-state index in [0.29, 0.717) is 0 Å². The molecule has 0 amide bonds. The van der Waals surface area contributed by atoms with Gasteiger partial charge in [-0.05, 0) is 20.8 Å². The van der Waals surface area contributed by atoms with Crippen LogP contribution in [0, 0.1) is 5.92 Å². The number of rotatable bonds is 4. The molecule has 0 spiro atoms. The second-order valence-electron chi connectivity index (χ2n) is 2.92. The molecule has 0 aromatic carbocycles. The fourth-order valence-corrected chi connectivity index (χ4v) is 0.455. The maximum Gasteiger partial charge on any atom is 0.317 e. The second-order valence-corrected chi connectivity index (χ2v) is 2.92. The van der Waals surface area contributed by atoms with Gasteiger partial charge in [-0.15, -0.1) is 0 Å². The Morgan fingerprint density at radius 3 is 1.20 bits per heavy atom. The van der Waals surface area contributed by atoms with Gasteiger partial charge in [0, 0.05) is 0 Å².